The third kappa shape index (κ3) is 4.48. The highest BCUT2D eigenvalue weighted by molar-refractivity contribution is 7.12. The molecular weight excluding hydrogens is 358 g/mol. The lowest BCUT2D eigenvalue weighted by Crippen LogP contribution is -2.49. The van der Waals surface area contributed by atoms with Crippen LogP contribution in [0.25, 0.3) is 0 Å². The zero-order valence-corrected chi connectivity index (χ0v) is 13.5. The maximum Gasteiger partial charge on any atom is 0.263 e. The predicted molar refractivity (Wildman–Crippen MR) is 85.9 cm³/mol. The number of hydrogen-bond acceptors (Lipinski definition) is 3. The van der Waals surface area contributed by atoms with Crippen molar-refractivity contribution < 1.29 is 9.18 Å². The number of anilines is 1. The minimum absolute atomic E-state index is 0.125. The van der Waals surface area contributed by atoms with Gasteiger partial charge in [0.15, 0.2) is 0 Å². The number of halogens is 4. The molecular formula is C13H10Cl3FN2OS. The normalized spacial score (nSPS) is 12.8. The van der Waals surface area contributed by atoms with Gasteiger partial charge in [0.1, 0.15) is 12.0 Å². The lowest BCUT2D eigenvalue weighted by molar-refractivity contribution is 0.0946. The van der Waals surface area contributed by atoms with E-state index in [9.17, 15) is 9.18 Å². The molecule has 0 fully saturated rings. The van der Waals surface area contributed by atoms with Crippen molar-refractivity contribution in [1.82, 2.24) is 5.32 Å². The molecule has 21 heavy (non-hydrogen) atoms. The average molecular weight is 368 g/mol. The van der Waals surface area contributed by atoms with Gasteiger partial charge in [-0.25, -0.2) is 4.39 Å². The van der Waals surface area contributed by atoms with Crippen molar-refractivity contribution in [1.29, 1.82) is 0 Å². The molecule has 0 radical (unpaired) electrons. The fraction of sp³-hybridized carbons (Fsp3) is 0.154. The van der Waals surface area contributed by atoms with Crippen LogP contribution in [-0.2, 0) is 0 Å². The molecule has 0 unspecified atom stereocenters. The zero-order chi connectivity index (χ0) is 15.5. The topological polar surface area (TPSA) is 41.1 Å². The summed E-state index contributed by atoms with van der Waals surface area (Å²) in [6.45, 7) is 0. The number of carbonyl (C=O) groups is 1. The lowest BCUT2D eigenvalue weighted by Gasteiger charge is -2.27. The van der Waals surface area contributed by atoms with Gasteiger partial charge in [-0.2, -0.15) is 0 Å². The summed E-state index contributed by atoms with van der Waals surface area (Å²) in [6, 6.07) is 9.28. The van der Waals surface area contributed by atoms with E-state index in [4.69, 9.17) is 34.8 Å². The summed E-state index contributed by atoms with van der Waals surface area (Å²) < 4.78 is 11.8. The fourth-order valence-corrected chi connectivity index (χ4v) is 2.50. The van der Waals surface area contributed by atoms with Gasteiger partial charge in [0, 0.05) is 0 Å². The maximum atomic E-state index is 13.6. The Morgan fingerprint density at radius 3 is 2.48 bits per heavy atom. The van der Waals surface area contributed by atoms with Crippen LogP contribution in [0.1, 0.15) is 9.67 Å². The Balaban J connectivity index is 2.16. The monoisotopic (exact) mass is 366 g/mol. The largest absolute Gasteiger partial charge is 0.359 e. The van der Waals surface area contributed by atoms with Gasteiger partial charge in [0.05, 0.1) is 10.6 Å². The Labute approximate surface area is 140 Å². The second-order valence-electron chi connectivity index (χ2n) is 4.05. The number of thiophene rings is 1. The highest BCUT2D eigenvalue weighted by Crippen LogP contribution is 2.31. The van der Waals surface area contributed by atoms with Crippen LogP contribution in [0.2, 0.25) is 0 Å². The third-order valence-electron chi connectivity index (χ3n) is 2.52. The first-order chi connectivity index (χ1) is 9.88. The zero-order valence-electron chi connectivity index (χ0n) is 10.4. The molecule has 2 N–H and O–H groups in total. The number of para-hydroxylation sites is 1. The molecule has 1 heterocycles. The Hall–Kier alpha value is -1.01. The third-order valence-corrected chi connectivity index (χ3v) is 4.04. The number of carbonyl (C=O) groups excluding carboxylic acids is 1. The van der Waals surface area contributed by atoms with Crippen molar-refractivity contribution in [3.63, 3.8) is 0 Å². The molecule has 0 spiro atoms. The van der Waals surface area contributed by atoms with Crippen LogP contribution in [0.5, 0.6) is 0 Å². The summed E-state index contributed by atoms with van der Waals surface area (Å²) in [5, 5.41) is 6.97. The van der Waals surface area contributed by atoms with Crippen LogP contribution in [0.3, 0.4) is 0 Å². The summed E-state index contributed by atoms with van der Waals surface area (Å²) in [5.74, 6) is -0.924. The molecule has 0 saturated heterocycles. The highest BCUT2D eigenvalue weighted by Gasteiger charge is 2.34. The van der Waals surface area contributed by atoms with Gasteiger partial charge < -0.3 is 10.6 Å². The van der Waals surface area contributed by atoms with Crippen molar-refractivity contribution in [2.24, 2.45) is 0 Å². The molecule has 3 nitrogen and oxygen atoms in total. The van der Waals surface area contributed by atoms with Crippen molar-refractivity contribution in [2.75, 3.05) is 5.32 Å². The molecule has 1 aromatic heterocycles. The molecule has 2 rings (SSSR count). The van der Waals surface area contributed by atoms with E-state index in [-0.39, 0.29) is 5.69 Å². The number of alkyl halides is 3. The lowest BCUT2D eigenvalue weighted by atomic mass is 10.3. The standard InChI is InChI=1S/C13H10Cl3FN2OS/c14-13(15,16)12(18-9-5-2-1-4-8(9)17)19-11(20)10-6-3-7-21-10/h1-7,12,18H,(H,19,20)/t12-/m1/s1. The Morgan fingerprint density at radius 1 is 1.19 bits per heavy atom. The first-order valence-corrected chi connectivity index (χ1v) is 7.81. The van der Waals surface area contributed by atoms with Gasteiger partial charge in [-0.05, 0) is 23.6 Å². The molecule has 112 valence electrons. The van der Waals surface area contributed by atoms with E-state index in [1.54, 1.807) is 23.6 Å². The summed E-state index contributed by atoms with van der Waals surface area (Å²) in [7, 11) is 0. The van der Waals surface area contributed by atoms with E-state index in [0.29, 0.717) is 4.88 Å². The van der Waals surface area contributed by atoms with Gasteiger partial charge >= 0.3 is 0 Å². The Bertz CT molecular complexity index is 616. The first-order valence-electron chi connectivity index (χ1n) is 5.80. The SMILES string of the molecule is O=C(N[C@@H](Nc1ccccc1F)C(Cl)(Cl)Cl)c1cccs1. The molecule has 0 aliphatic heterocycles. The Kier molecular flexibility index (Phi) is 5.32. The van der Waals surface area contributed by atoms with Gasteiger partial charge in [-0.1, -0.05) is 53.0 Å². The predicted octanol–water partition coefficient (Wildman–Crippen LogP) is 4.43. The van der Waals surface area contributed by atoms with Gasteiger partial charge in [-0.15, -0.1) is 11.3 Å². The number of nitrogens with one attached hydrogen (secondary N) is 2. The molecule has 0 aliphatic rings. The number of hydrogen-bond donors (Lipinski definition) is 2. The van der Waals surface area contributed by atoms with E-state index in [1.807, 2.05) is 0 Å². The average Bonchev–Trinajstić information content (AvgIpc) is 2.93. The van der Waals surface area contributed by atoms with Crippen LogP contribution >= 0.6 is 46.1 Å². The van der Waals surface area contributed by atoms with Crippen LogP contribution in [-0.4, -0.2) is 15.9 Å². The Morgan fingerprint density at radius 2 is 1.90 bits per heavy atom. The van der Waals surface area contributed by atoms with E-state index in [2.05, 4.69) is 10.6 Å². The number of amides is 1. The molecule has 1 aromatic carbocycles. The fourth-order valence-electron chi connectivity index (χ4n) is 1.54. The second kappa shape index (κ2) is 6.83. The van der Waals surface area contributed by atoms with E-state index in [0.717, 1.165) is 0 Å². The molecule has 0 saturated carbocycles. The van der Waals surface area contributed by atoms with E-state index >= 15 is 0 Å². The van der Waals surface area contributed by atoms with Crippen molar-refractivity contribution in [3.8, 4) is 0 Å². The van der Waals surface area contributed by atoms with Gasteiger partial charge in [-0.3, -0.25) is 4.79 Å². The first kappa shape index (κ1) is 16.4. The summed E-state index contributed by atoms with van der Waals surface area (Å²) in [6.07, 6.45) is -1.09. The smallest absolute Gasteiger partial charge is 0.263 e. The van der Waals surface area contributed by atoms with E-state index < -0.39 is 21.7 Å². The molecule has 0 aliphatic carbocycles. The number of benzene rings is 1. The van der Waals surface area contributed by atoms with Crippen LogP contribution in [0.15, 0.2) is 41.8 Å². The van der Waals surface area contributed by atoms with Crippen molar-refractivity contribution >= 4 is 57.7 Å². The van der Waals surface area contributed by atoms with Gasteiger partial charge in [0.25, 0.3) is 5.91 Å². The van der Waals surface area contributed by atoms with E-state index in [1.165, 1.54) is 29.5 Å². The second-order valence-corrected chi connectivity index (χ2v) is 7.37. The minimum Gasteiger partial charge on any atom is -0.359 e. The van der Waals surface area contributed by atoms with Crippen LogP contribution in [0.4, 0.5) is 10.1 Å². The molecule has 8 heteroatoms. The van der Waals surface area contributed by atoms with Crippen molar-refractivity contribution in [2.45, 2.75) is 9.96 Å². The van der Waals surface area contributed by atoms with Crippen LogP contribution < -0.4 is 10.6 Å². The maximum absolute atomic E-state index is 13.6. The van der Waals surface area contributed by atoms with Crippen LogP contribution in [0, 0.1) is 5.82 Å². The molecule has 1 amide bonds. The quantitative estimate of drug-likeness (QED) is 0.620. The van der Waals surface area contributed by atoms with Gasteiger partial charge in [0.2, 0.25) is 3.79 Å². The number of rotatable bonds is 4. The summed E-state index contributed by atoms with van der Waals surface area (Å²) >= 11 is 18.8. The molecule has 2 aromatic rings. The molecule has 1 atom stereocenters. The minimum atomic E-state index is -1.85. The molecule has 0 bridgehead atoms. The summed E-state index contributed by atoms with van der Waals surface area (Å²) in [5.41, 5.74) is 0.125. The summed E-state index contributed by atoms with van der Waals surface area (Å²) in [4.78, 5) is 12.5. The highest BCUT2D eigenvalue weighted by atomic mass is 35.6. The van der Waals surface area contributed by atoms with Crippen molar-refractivity contribution in [3.05, 3.63) is 52.5 Å².